The van der Waals surface area contributed by atoms with E-state index in [-0.39, 0.29) is 5.78 Å². The standard InChI is InChI=1S/C25H19BrClNO3/c26-21-4-2-1-3-17(21)13-23-24(29)19-9-10-22-20(25(19)31-23)14-28(15-30-22)12-11-16-5-7-18(27)8-6-16/h1-10,13H,11-12,14-15H2/b23-13-. The molecule has 0 amide bonds. The van der Waals surface area contributed by atoms with Gasteiger partial charge in [0.05, 0.1) is 11.1 Å². The maximum absolute atomic E-state index is 12.9. The summed E-state index contributed by atoms with van der Waals surface area (Å²) in [5.74, 6) is 1.61. The minimum atomic E-state index is -0.105. The van der Waals surface area contributed by atoms with Gasteiger partial charge in [-0.25, -0.2) is 0 Å². The van der Waals surface area contributed by atoms with Crippen LogP contribution in [0.4, 0.5) is 0 Å². The van der Waals surface area contributed by atoms with Crippen LogP contribution in [0.15, 0.2) is 70.9 Å². The number of hydrogen-bond acceptors (Lipinski definition) is 4. The molecular weight excluding hydrogens is 478 g/mol. The first kappa shape index (κ1) is 20.3. The predicted octanol–water partition coefficient (Wildman–Crippen LogP) is 6.11. The van der Waals surface area contributed by atoms with Crippen LogP contribution in [0.1, 0.15) is 27.0 Å². The van der Waals surface area contributed by atoms with Crippen molar-refractivity contribution in [2.45, 2.75) is 13.0 Å². The van der Waals surface area contributed by atoms with Crippen molar-refractivity contribution in [3.05, 3.63) is 98.2 Å². The molecular formula is C25H19BrClNO3. The summed E-state index contributed by atoms with van der Waals surface area (Å²) in [4.78, 5) is 15.2. The molecule has 0 fully saturated rings. The summed E-state index contributed by atoms with van der Waals surface area (Å²) in [6, 6.07) is 19.3. The summed E-state index contributed by atoms with van der Waals surface area (Å²) in [7, 11) is 0. The Morgan fingerprint density at radius 3 is 2.68 bits per heavy atom. The van der Waals surface area contributed by atoms with E-state index in [0.29, 0.717) is 30.3 Å². The van der Waals surface area contributed by atoms with Gasteiger partial charge in [-0.2, -0.15) is 0 Å². The highest BCUT2D eigenvalue weighted by Crippen LogP contribution is 2.42. The lowest BCUT2D eigenvalue weighted by molar-refractivity contribution is 0.0950. The van der Waals surface area contributed by atoms with Crippen LogP contribution in [-0.4, -0.2) is 24.0 Å². The highest BCUT2D eigenvalue weighted by Gasteiger charge is 2.33. The first-order valence-electron chi connectivity index (χ1n) is 10.0. The third kappa shape index (κ3) is 4.13. The summed E-state index contributed by atoms with van der Waals surface area (Å²) in [6.07, 6.45) is 2.67. The van der Waals surface area contributed by atoms with Crippen molar-refractivity contribution in [3.63, 3.8) is 0 Å². The minimum absolute atomic E-state index is 0.105. The molecule has 6 heteroatoms. The number of benzene rings is 3. The topological polar surface area (TPSA) is 38.8 Å². The highest BCUT2D eigenvalue weighted by molar-refractivity contribution is 9.10. The van der Waals surface area contributed by atoms with Crippen LogP contribution >= 0.6 is 27.5 Å². The Kier molecular flexibility index (Phi) is 5.57. The van der Waals surface area contributed by atoms with E-state index in [4.69, 9.17) is 21.1 Å². The van der Waals surface area contributed by atoms with Gasteiger partial charge in [0.25, 0.3) is 0 Å². The molecule has 2 heterocycles. The molecule has 4 nitrogen and oxygen atoms in total. The smallest absolute Gasteiger partial charge is 0.231 e. The number of allylic oxidation sites excluding steroid dienone is 1. The maximum atomic E-state index is 12.9. The molecule has 3 aromatic rings. The molecule has 0 unspecified atom stereocenters. The van der Waals surface area contributed by atoms with Gasteiger partial charge >= 0.3 is 0 Å². The van der Waals surface area contributed by atoms with E-state index < -0.39 is 0 Å². The summed E-state index contributed by atoms with van der Waals surface area (Å²) >= 11 is 9.50. The van der Waals surface area contributed by atoms with E-state index in [9.17, 15) is 4.79 Å². The Morgan fingerprint density at radius 1 is 1.06 bits per heavy atom. The molecule has 0 radical (unpaired) electrons. The molecule has 31 heavy (non-hydrogen) atoms. The van der Waals surface area contributed by atoms with Gasteiger partial charge in [-0.05, 0) is 54.0 Å². The van der Waals surface area contributed by atoms with Gasteiger partial charge in [0.15, 0.2) is 5.76 Å². The van der Waals surface area contributed by atoms with Gasteiger partial charge in [-0.15, -0.1) is 0 Å². The number of ketones is 1. The van der Waals surface area contributed by atoms with Gasteiger partial charge in [0.1, 0.15) is 18.2 Å². The molecule has 0 bridgehead atoms. The second-order valence-electron chi connectivity index (χ2n) is 7.58. The van der Waals surface area contributed by atoms with E-state index in [0.717, 1.165) is 39.3 Å². The fourth-order valence-corrected chi connectivity index (χ4v) is 4.34. The van der Waals surface area contributed by atoms with Crippen molar-refractivity contribution in [2.75, 3.05) is 13.3 Å². The Morgan fingerprint density at radius 2 is 1.87 bits per heavy atom. The van der Waals surface area contributed by atoms with E-state index >= 15 is 0 Å². The van der Waals surface area contributed by atoms with E-state index in [1.54, 1.807) is 12.1 Å². The van der Waals surface area contributed by atoms with Gasteiger partial charge in [-0.3, -0.25) is 9.69 Å². The maximum Gasteiger partial charge on any atom is 0.231 e. The second kappa shape index (κ2) is 8.50. The zero-order valence-electron chi connectivity index (χ0n) is 16.6. The molecule has 0 aliphatic carbocycles. The summed E-state index contributed by atoms with van der Waals surface area (Å²) in [6.45, 7) is 2.01. The lowest BCUT2D eigenvalue weighted by Gasteiger charge is -2.29. The van der Waals surface area contributed by atoms with Crippen LogP contribution in [0.5, 0.6) is 11.5 Å². The Bertz CT molecular complexity index is 1190. The average Bonchev–Trinajstić information content (AvgIpc) is 3.10. The summed E-state index contributed by atoms with van der Waals surface area (Å²) in [5.41, 5.74) is 3.62. The summed E-state index contributed by atoms with van der Waals surface area (Å²) in [5, 5.41) is 0.739. The fourth-order valence-electron chi connectivity index (χ4n) is 3.82. The fraction of sp³-hybridized carbons (Fsp3) is 0.160. The number of carbonyl (C=O) groups excluding carboxylic acids is 1. The number of rotatable bonds is 4. The van der Waals surface area contributed by atoms with Gasteiger partial charge in [0, 0.05) is 22.6 Å². The Balaban J connectivity index is 1.36. The molecule has 0 saturated carbocycles. The SMILES string of the molecule is O=C1/C(=C/c2ccccc2Br)Oc2c1ccc1c2CN(CCc2ccc(Cl)cc2)CO1. The first-order valence-corrected chi connectivity index (χ1v) is 11.2. The van der Waals surface area contributed by atoms with Crippen LogP contribution in [-0.2, 0) is 13.0 Å². The van der Waals surface area contributed by atoms with Crippen LogP contribution in [0, 0.1) is 0 Å². The molecule has 3 aromatic carbocycles. The van der Waals surface area contributed by atoms with E-state index in [1.165, 1.54) is 5.56 Å². The summed E-state index contributed by atoms with van der Waals surface area (Å²) < 4.78 is 12.9. The van der Waals surface area contributed by atoms with Crippen molar-refractivity contribution in [1.29, 1.82) is 0 Å². The lowest BCUT2D eigenvalue weighted by Crippen LogP contribution is -2.33. The molecule has 0 spiro atoms. The number of nitrogens with zero attached hydrogens (tertiary/aromatic N) is 1. The number of Topliss-reactive ketones (excluding diaryl/α,β-unsaturated/α-hetero) is 1. The average molecular weight is 497 g/mol. The molecule has 0 atom stereocenters. The second-order valence-corrected chi connectivity index (χ2v) is 8.87. The molecule has 2 aliphatic rings. The largest absolute Gasteiger partial charge is 0.478 e. The minimum Gasteiger partial charge on any atom is -0.478 e. The molecule has 0 N–H and O–H groups in total. The Labute approximate surface area is 194 Å². The lowest BCUT2D eigenvalue weighted by atomic mass is 10.0. The van der Waals surface area contributed by atoms with E-state index in [1.807, 2.05) is 54.6 Å². The third-order valence-corrected chi connectivity index (χ3v) is 6.48. The molecule has 0 aromatic heterocycles. The van der Waals surface area contributed by atoms with Gasteiger partial charge in [-0.1, -0.05) is 57.9 Å². The quantitative estimate of drug-likeness (QED) is 0.408. The van der Waals surface area contributed by atoms with Crippen molar-refractivity contribution < 1.29 is 14.3 Å². The Hall–Kier alpha value is -2.60. The monoisotopic (exact) mass is 495 g/mol. The van der Waals surface area contributed by atoms with Crippen LogP contribution in [0.2, 0.25) is 5.02 Å². The number of fused-ring (bicyclic) bond motifs is 3. The van der Waals surface area contributed by atoms with Crippen molar-refractivity contribution in [1.82, 2.24) is 4.90 Å². The first-order chi connectivity index (χ1) is 15.1. The zero-order valence-corrected chi connectivity index (χ0v) is 18.9. The number of halogens is 2. The molecule has 156 valence electrons. The van der Waals surface area contributed by atoms with Gasteiger partial charge in [0.2, 0.25) is 5.78 Å². The van der Waals surface area contributed by atoms with Crippen LogP contribution in [0.25, 0.3) is 6.08 Å². The van der Waals surface area contributed by atoms with Crippen molar-refractivity contribution in [2.24, 2.45) is 0 Å². The molecule has 0 saturated heterocycles. The zero-order chi connectivity index (χ0) is 21.4. The van der Waals surface area contributed by atoms with Crippen LogP contribution in [0.3, 0.4) is 0 Å². The number of ether oxygens (including phenoxy) is 2. The number of hydrogen-bond donors (Lipinski definition) is 0. The molecule has 2 aliphatic heterocycles. The normalized spacial score (nSPS) is 16.6. The van der Waals surface area contributed by atoms with Crippen LogP contribution < -0.4 is 9.47 Å². The predicted molar refractivity (Wildman–Crippen MR) is 125 cm³/mol. The third-order valence-electron chi connectivity index (χ3n) is 5.50. The number of carbonyl (C=O) groups is 1. The van der Waals surface area contributed by atoms with Crippen molar-refractivity contribution >= 4 is 39.4 Å². The van der Waals surface area contributed by atoms with E-state index in [2.05, 4.69) is 20.8 Å². The highest BCUT2D eigenvalue weighted by atomic mass is 79.9. The van der Waals surface area contributed by atoms with Gasteiger partial charge < -0.3 is 9.47 Å². The molecule has 5 rings (SSSR count). The van der Waals surface area contributed by atoms with Crippen molar-refractivity contribution in [3.8, 4) is 11.5 Å².